The van der Waals surface area contributed by atoms with Gasteiger partial charge in [-0.05, 0) is 50.6 Å². The van der Waals surface area contributed by atoms with Crippen LogP contribution in [0.2, 0.25) is 0 Å². The van der Waals surface area contributed by atoms with Gasteiger partial charge >= 0.3 is 0 Å². The van der Waals surface area contributed by atoms with E-state index in [1.807, 2.05) is 38.1 Å². The van der Waals surface area contributed by atoms with E-state index in [1.165, 1.54) is 11.3 Å². The number of ether oxygens (including phenoxy) is 1. The van der Waals surface area contributed by atoms with Gasteiger partial charge in [0, 0.05) is 10.4 Å². The quantitative estimate of drug-likeness (QED) is 0.645. The molecule has 0 bridgehead atoms. The van der Waals surface area contributed by atoms with Crippen molar-refractivity contribution in [3.63, 3.8) is 0 Å². The number of methoxy groups -OCH3 is 1. The van der Waals surface area contributed by atoms with Crippen LogP contribution in [0.25, 0.3) is 11.3 Å². The summed E-state index contributed by atoms with van der Waals surface area (Å²) in [6, 6.07) is 8.75. The molecule has 30 heavy (non-hydrogen) atoms. The first-order valence-corrected chi connectivity index (χ1v) is 12.1. The molecule has 2 aromatic heterocycles. The van der Waals surface area contributed by atoms with Crippen molar-refractivity contribution in [2.75, 3.05) is 23.9 Å². The lowest BCUT2D eigenvalue weighted by atomic mass is 10.1. The molecule has 3 heterocycles. The molecule has 1 aliphatic rings. The number of benzene rings is 1. The van der Waals surface area contributed by atoms with Crippen molar-refractivity contribution in [2.45, 2.75) is 26.3 Å². The van der Waals surface area contributed by atoms with Gasteiger partial charge in [-0.1, -0.05) is 0 Å². The molecule has 1 aliphatic heterocycles. The fourth-order valence-electron chi connectivity index (χ4n) is 3.42. The number of anilines is 1. The van der Waals surface area contributed by atoms with Crippen molar-refractivity contribution in [1.82, 2.24) is 14.8 Å². The van der Waals surface area contributed by atoms with Gasteiger partial charge in [-0.2, -0.15) is 5.10 Å². The highest BCUT2D eigenvalue weighted by Gasteiger charge is 2.32. The zero-order valence-corrected chi connectivity index (χ0v) is 18.5. The van der Waals surface area contributed by atoms with E-state index in [2.05, 4.69) is 15.4 Å². The number of hydrogen-bond acceptors (Lipinski definition) is 7. The SMILES string of the molecule is COc1ccc(-c2cc(C(=O)Nc3nc(C)c(C)s3)nn2[C@@H]2CCS(=O)(=O)C2)cc1. The summed E-state index contributed by atoms with van der Waals surface area (Å²) >= 11 is 1.40. The van der Waals surface area contributed by atoms with Crippen LogP contribution in [0.4, 0.5) is 5.13 Å². The molecule has 10 heteroatoms. The molecule has 1 fully saturated rings. The summed E-state index contributed by atoms with van der Waals surface area (Å²) in [7, 11) is -1.51. The molecule has 0 aliphatic carbocycles. The molecule has 0 unspecified atom stereocenters. The van der Waals surface area contributed by atoms with Crippen LogP contribution in [0, 0.1) is 13.8 Å². The normalized spacial score (nSPS) is 17.8. The maximum atomic E-state index is 12.8. The molecule has 158 valence electrons. The van der Waals surface area contributed by atoms with Crippen molar-refractivity contribution < 1.29 is 17.9 Å². The van der Waals surface area contributed by atoms with Gasteiger partial charge in [0.1, 0.15) is 5.75 Å². The van der Waals surface area contributed by atoms with E-state index in [0.29, 0.717) is 23.0 Å². The number of rotatable bonds is 5. The highest BCUT2D eigenvalue weighted by molar-refractivity contribution is 7.91. The predicted molar refractivity (Wildman–Crippen MR) is 116 cm³/mol. The van der Waals surface area contributed by atoms with Crippen molar-refractivity contribution >= 4 is 32.2 Å². The number of nitrogens with zero attached hydrogens (tertiary/aromatic N) is 3. The summed E-state index contributed by atoms with van der Waals surface area (Å²) in [6.45, 7) is 3.83. The number of sulfone groups is 1. The van der Waals surface area contributed by atoms with Gasteiger partial charge in [-0.3, -0.25) is 14.8 Å². The molecule has 0 spiro atoms. The van der Waals surface area contributed by atoms with E-state index >= 15 is 0 Å². The molecule has 1 saturated heterocycles. The Morgan fingerprint density at radius 1 is 1.27 bits per heavy atom. The molecular weight excluding hydrogens is 424 g/mol. The highest BCUT2D eigenvalue weighted by Crippen LogP contribution is 2.31. The Balaban J connectivity index is 1.70. The van der Waals surface area contributed by atoms with Gasteiger partial charge in [0.2, 0.25) is 0 Å². The Kier molecular flexibility index (Phi) is 5.37. The number of nitrogens with one attached hydrogen (secondary N) is 1. The number of hydrogen-bond donors (Lipinski definition) is 1. The summed E-state index contributed by atoms with van der Waals surface area (Å²) in [6.07, 6.45) is 0.471. The first-order chi connectivity index (χ1) is 14.3. The van der Waals surface area contributed by atoms with Crippen LogP contribution in [-0.2, 0) is 9.84 Å². The fourth-order valence-corrected chi connectivity index (χ4v) is 5.92. The summed E-state index contributed by atoms with van der Waals surface area (Å²) < 4.78 is 30.9. The molecule has 1 atom stereocenters. The van der Waals surface area contributed by atoms with Crippen molar-refractivity contribution in [1.29, 1.82) is 0 Å². The van der Waals surface area contributed by atoms with E-state index in [-0.39, 0.29) is 29.1 Å². The fraction of sp³-hybridized carbons (Fsp3) is 0.350. The topological polar surface area (TPSA) is 103 Å². The minimum Gasteiger partial charge on any atom is -0.497 e. The zero-order valence-electron chi connectivity index (χ0n) is 16.9. The molecular formula is C20H22N4O4S2. The molecule has 4 rings (SSSR count). The average molecular weight is 447 g/mol. The first kappa shape index (κ1) is 20.5. The lowest BCUT2D eigenvalue weighted by Gasteiger charge is -2.13. The van der Waals surface area contributed by atoms with Crippen molar-refractivity contribution in [2.24, 2.45) is 0 Å². The summed E-state index contributed by atoms with van der Waals surface area (Å²) in [5, 5.41) is 7.79. The largest absolute Gasteiger partial charge is 0.497 e. The molecule has 0 saturated carbocycles. The molecule has 1 N–H and O–H groups in total. The van der Waals surface area contributed by atoms with Crippen LogP contribution in [0.15, 0.2) is 30.3 Å². The minimum atomic E-state index is -3.10. The standard InChI is InChI=1S/C20H22N4O4S2/c1-12-13(2)29-20(21-12)22-19(25)17-10-18(14-4-6-16(28-3)7-5-14)24(23-17)15-8-9-30(26,27)11-15/h4-7,10,15H,8-9,11H2,1-3H3,(H,21,22,25)/t15-/m1/s1. The van der Waals surface area contributed by atoms with Crippen molar-refractivity contribution in [3.05, 3.63) is 46.6 Å². The van der Waals surface area contributed by atoms with Crippen LogP contribution in [0.1, 0.15) is 33.5 Å². The van der Waals surface area contributed by atoms with Crippen LogP contribution < -0.4 is 10.1 Å². The Bertz CT molecular complexity index is 1180. The van der Waals surface area contributed by atoms with Gasteiger partial charge in [0.25, 0.3) is 5.91 Å². The molecule has 0 radical (unpaired) electrons. The number of aryl methyl sites for hydroxylation is 2. The Morgan fingerprint density at radius 2 is 2.00 bits per heavy atom. The second-order valence-corrected chi connectivity index (χ2v) is 10.7. The second-order valence-electron chi connectivity index (χ2n) is 7.26. The zero-order chi connectivity index (χ0) is 21.5. The van der Waals surface area contributed by atoms with E-state index < -0.39 is 9.84 Å². The van der Waals surface area contributed by atoms with E-state index in [1.54, 1.807) is 17.9 Å². The lowest BCUT2D eigenvalue weighted by Crippen LogP contribution is -2.16. The van der Waals surface area contributed by atoms with Gasteiger partial charge in [-0.25, -0.2) is 13.4 Å². The van der Waals surface area contributed by atoms with Crippen LogP contribution >= 0.6 is 11.3 Å². The Hall–Kier alpha value is -2.72. The van der Waals surface area contributed by atoms with Crippen LogP contribution in [-0.4, -0.2) is 47.7 Å². The van der Waals surface area contributed by atoms with Crippen LogP contribution in [0.3, 0.4) is 0 Å². The van der Waals surface area contributed by atoms with Gasteiger partial charge in [0.05, 0.1) is 36.0 Å². The third-order valence-electron chi connectivity index (χ3n) is 5.16. The molecule has 1 amide bonds. The van der Waals surface area contributed by atoms with Crippen LogP contribution in [0.5, 0.6) is 5.75 Å². The van der Waals surface area contributed by atoms with Gasteiger partial charge < -0.3 is 4.74 Å². The van der Waals surface area contributed by atoms with E-state index in [0.717, 1.165) is 16.1 Å². The molecule has 1 aromatic carbocycles. The summed E-state index contributed by atoms with van der Waals surface area (Å²) in [4.78, 5) is 18.2. The number of carbonyl (C=O) groups excluding carboxylic acids is 1. The first-order valence-electron chi connectivity index (χ1n) is 9.45. The third-order valence-corrected chi connectivity index (χ3v) is 7.90. The Morgan fingerprint density at radius 3 is 2.57 bits per heavy atom. The number of aromatic nitrogens is 3. The molecule has 3 aromatic rings. The molecule has 8 nitrogen and oxygen atoms in total. The second kappa shape index (κ2) is 7.84. The monoisotopic (exact) mass is 446 g/mol. The maximum Gasteiger partial charge on any atom is 0.277 e. The summed E-state index contributed by atoms with van der Waals surface area (Å²) in [5.74, 6) is 0.474. The summed E-state index contributed by atoms with van der Waals surface area (Å²) in [5.41, 5.74) is 2.61. The maximum absolute atomic E-state index is 12.8. The number of amides is 1. The number of carbonyl (C=O) groups is 1. The lowest BCUT2D eigenvalue weighted by molar-refractivity contribution is 0.102. The van der Waals surface area contributed by atoms with Gasteiger partial charge in [0.15, 0.2) is 20.7 Å². The third kappa shape index (κ3) is 4.10. The smallest absolute Gasteiger partial charge is 0.277 e. The van der Waals surface area contributed by atoms with Crippen molar-refractivity contribution in [3.8, 4) is 17.0 Å². The van der Waals surface area contributed by atoms with E-state index in [4.69, 9.17) is 4.74 Å². The predicted octanol–water partition coefficient (Wildman–Crippen LogP) is 3.24. The Labute approximate surface area is 178 Å². The van der Waals surface area contributed by atoms with Gasteiger partial charge in [-0.15, -0.1) is 11.3 Å². The van der Waals surface area contributed by atoms with E-state index in [9.17, 15) is 13.2 Å². The highest BCUT2D eigenvalue weighted by atomic mass is 32.2. The minimum absolute atomic E-state index is 0.0176. The average Bonchev–Trinajstić information content (AvgIpc) is 3.39. The number of thiazole rings is 1.